The summed E-state index contributed by atoms with van der Waals surface area (Å²) in [5, 5.41) is 0. The highest BCUT2D eigenvalue weighted by atomic mass is 19.1. The van der Waals surface area contributed by atoms with Crippen molar-refractivity contribution in [3.05, 3.63) is 64.3 Å². The maximum Gasteiger partial charge on any atom is 0.255 e. The first kappa shape index (κ1) is 11.1. The van der Waals surface area contributed by atoms with Gasteiger partial charge in [-0.3, -0.25) is 14.2 Å². The minimum Gasteiger partial charge on any atom is -0.366 e. The molecule has 1 heterocycles. The van der Waals surface area contributed by atoms with Gasteiger partial charge in [-0.1, -0.05) is 12.1 Å². The molecule has 86 valence electrons. The predicted octanol–water partition coefficient (Wildman–Crippen LogP) is 1.08. The van der Waals surface area contributed by atoms with Crippen LogP contribution in [-0.2, 0) is 0 Å². The number of pyridine rings is 1. The molecule has 2 N–H and O–H groups in total. The fraction of sp³-hybridized carbons (Fsp3) is 0. The highest BCUT2D eigenvalue weighted by Crippen LogP contribution is 2.10. The lowest BCUT2D eigenvalue weighted by atomic mass is 10.2. The molecule has 17 heavy (non-hydrogen) atoms. The first-order valence-electron chi connectivity index (χ1n) is 4.87. The van der Waals surface area contributed by atoms with Gasteiger partial charge in [-0.2, -0.15) is 0 Å². The second-order valence-electron chi connectivity index (χ2n) is 3.44. The van der Waals surface area contributed by atoms with E-state index in [2.05, 4.69) is 0 Å². The Balaban J connectivity index is 2.67. The van der Waals surface area contributed by atoms with Crippen LogP contribution >= 0.6 is 0 Å². The Morgan fingerprint density at radius 3 is 2.53 bits per heavy atom. The minimum atomic E-state index is -0.671. The fourth-order valence-corrected chi connectivity index (χ4v) is 1.47. The lowest BCUT2D eigenvalue weighted by molar-refractivity contribution is 0.0999. The molecule has 0 saturated heterocycles. The molecular weight excluding hydrogens is 223 g/mol. The molecule has 1 amide bonds. The number of benzene rings is 1. The van der Waals surface area contributed by atoms with Crippen molar-refractivity contribution in [2.75, 3.05) is 0 Å². The molecular formula is C12H9FN2O2. The Labute approximate surface area is 96.1 Å². The number of rotatable bonds is 2. The smallest absolute Gasteiger partial charge is 0.255 e. The van der Waals surface area contributed by atoms with Crippen molar-refractivity contribution in [2.45, 2.75) is 0 Å². The second kappa shape index (κ2) is 4.21. The first-order valence-corrected chi connectivity index (χ1v) is 4.87. The van der Waals surface area contributed by atoms with E-state index in [1.807, 2.05) is 0 Å². The van der Waals surface area contributed by atoms with Crippen molar-refractivity contribution in [2.24, 2.45) is 5.73 Å². The summed E-state index contributed by atoms with van der Waals surface area (Å²) in [6.07, 6.45) is 1.23. The summed E-state index contributed by atoms with van der Waals surface area (Å²) in [6, 6.07) is 8.28. The molecule has 2 aromatic rings. The summed E-state index contributed by atoms with van der Waals surface area (Å²) >= 11 is 0. The average molecular weight is 232 g/mol. The van der Waals surface area contributed by atoms with Crippen molar-refractivity contribution in [1.29, 1.82) is 0 Å². The molecule has 0 atom stereocenters. The van der Waals surface area contributed by atoms with Crippen molar-refractivity contribution < 1.29 is 9.18 Å². The third-order valence-electron chi connectivity index (χ3n) is 2.31. The highest BCUT2D eigenvalue weighted by molar-refractivity contribution is 5.92. The number of hydrogen-bond donors (Lipinski definition) is 1. The molecule has 0 aliphatic rings. The van der Waals surface area contributed by atoms with Gasteiger partial charge in [0, 0.05) is 12.3 Å². The number of carbonyl (C=O) groups is 1. The molecule has 0 aliphatic heterocycles. The highest BCUT2D eigenvalue weighted by Gasteiger charge is 2.08. The van der Waals surface area contributed by atoms with Crippen molar-refractivity contribution in [3.63, 3.8) is 0 Å². The fourth-order valence-electron chi connectivity index (χ4n) is 1.47. The molecule has 0 saturated carbocycles. The van der Waals surface area contributed by atoms with Crippen LogP contribution in [-0.4, -0.2) is 10.5 Å². The van der Waals surface area contributed by atoms with E-state index in [-0.39, 0.29) is 11.3 Å². The summed E-state index contributed by atoms with van der Waals surface area (Å²) < 4.78 is 14.6. The average Bonchev–Trinajstić information content (AvgIpc) is 2.30. The van der Waals surface area contributed by atoms with E-state index in [0.717, 1.165) is 4.57 Å². The van der Waals surface area contributed by atoms with E-state index in [1.54, 1.807) is 6.07 Å². The van der Waals surface area contributed by atoms with Gasteiger partial charge < -0.3 is 5.73 Å². The molecule has 5 heteroatoms. The summed E-state index contributed by atoms with van der Waals surface area (Å²) in [4.78, 5) is 22.6. The van der Waals surface area contributed by atoms with E-state index in [1.165, 1.54) is 36.5 Å². The normalized spacial score (nSPS) is 10.2. The Bertz CT molecular complexity index is 634. The lowest BCUT2D eigenvalue weighted by Gasteiger charge is -2.07. The number of nitrogens with two attached hydrogens (primary N) is 1. The standard InChI is InChI=1S/C12H9FN2O2/c13-9-3-1-2-4-10(9)15-7-8(12(14)17)5-6-11(15)16/h1-7H,(H2,14,17). The zero-order chi connectivity index (χ0) is 12.4. The zero-order valence-electron chi connectivity index (χ0n) is 8.76. The van der Waals surface area contributed by atoms with Gasteiger partial charge in [0.25, 0.3) is 5.56 Å². The van der Waals surface area contributed by atoms with Gasteiger partial charge in [-0.25, -0.2) is 4.39 Å². The molecule has 0 bridgehead atoms. The van der Waals surface area contributed by atoms with Gasteiger partial charge in [0.2, 0.25) is 5.91 Å². The third kappa shape index (κ3) is 2.08. The number of hydrogen-bond acceptors (Lipinski definition) is 2. The van der Waals surface area contributed by atoms with Crippen LogP contribution in [0.15, 0.2) is 47.4 Å². The Morgan fingerprint density at radius 1 is 1.18 bits per heavy atom. The summed E-state index contributed by atoms with van der Waals surface area (Å²) in [7, 11) is 0. The molecule has 1 aromatic heterocycles. The summed E-state index contributed by atoms with van der Waals surface area (Å²) in [5.41, 5.74) is 4.90. The number of para-hydroxylation sites is 1. The quantitative estimate of drug-likeness (QED) is 0.841. The van der Waals surface area contributed by atoms with Gasteiger partial charge >= 0.3 is 0 Å². The van der Waals surface area contributed by atoms with Gasteiger partial charge in [0.1, 0.15) is 5.82 Å². The third-order valence-corrected chi connectivity index (χ3v) is 2.31. The molecule has 0 spiro atoms. The van der Waals surface area contributed by atoms with Gasteiger partial charge in [-0.15, -0.1) is 0 Å². The largest absolute Gasteiger partial charge is 0.366 e. The maximum atomic E-state index is 13.5. The number of amides is 1. The van der Waals surface area contributed by atoms with Crippen LogP contribution in [0.3, 0.4) is 0 Å². The van der Waals surface area contributed by atoms with Crippen molar-refractivity contribution >= 4 is 5.91 Å². The summed E-state index contributed by atoms with van der Waals surface area (Å²) in [5.74, 6) is -1.22. The monoisotopic (exact) mass is 232 g/mol. The van der Waals surface area contributed by atoms with Crippen LogP contribution < -0.4 is 11.3 Å². The SMILES string of the molecule is NC(=O)c1ccc(=O)n(-c2ccccc2F)c1. The van der Waals surface area contributed by atoms with Crippen LogP contribution in [0.4, 0.5) is 4.39 Å². The number of aromatic nitrogens is 1. The Morgan fingerprint density at radius 2 is 1.88 bits per heavy atom. The number of carbonyl (C=O) groups excluding carboxylic acids is 1. The van der Waals surface area contributed by atoms with Crippen molar-refractivity contribution in [3.8, 4) is 5.69 Å². The van der Waals surface area contributed by atoms with Crippen LogP contribution in [0, 0.1) is 5.82 Å². The molecule has 0 fully saturated rings. The number of halogens is 1. The molecule has 2 rings (SSSR count). The van der Waals surface area contributed by atoms with E-state index >= 15 is 0 Å². The Kier molecular flexibility index (Phi) is 2.74. The number of primary amides is 1. The van der Waals surface area contributed by atoms with Crippen LogP contribution in [0.2, 0.25) is 0 Å². The molecule has 4 nitrogen and oxygen atoms in total. The zero-order valence-corrected chi connectivity index (χ0v) is 8.76. The minimum absolute atomic E-state index is 0.0839. The van der Waals surface area contributed by atoms with E-state index in [4.69, 9.17) is 5.73 Å². The van der Waals surface area contributed by atoms with E-state index < -0.39 is 17.3 Å². The van der Waals surface area contributed by atoms with Crippen molar-refractivity contribution in [1.82, 2.24) is 4.57 Å². The molecule has 1 aromatic carbocycles. The van der Waals surface area contributed by atoms with Crippen LogP contribution in [0.1, 0.15) is 10.4 Å². The van der Waals surface area contributed by atoms with Crippen LogP contribution in [0.5, 0.6) is 0 Å². The van der Waals surface area contributed by atoms with E-state index in [9.17, 15) is 14.0 Å². The maximum absolute atomic E-state index is 13.5. The second-order valence-corrected chi connectivity index (χ2v) is 3.44. The van der Waals surface area contributed by atoms with E-state index in [0.29, 0.717) is 0 Å². The first-order chi connectivity index (χ1) is 8.09. The lowest BCUT2D eigenvalue weighted by Crippen LogP contribution is -2.21. The van der Waals surface area contributed by atoms with Gasteiger partial charge in [0.15, 0.2) is 0 Å². The van der Waals surface area contributed by atoms with Crippen LogP contribution in [0.25, 0.3) is 5.69 Å². The Hall–Kier alpha value is -2.43. The summed E-state index contributed by atoms with van der Waals surface area (Å²) in [6.45, 7) is 0. The topological polar surface area (TPSA) is 65.1 Å². The molecule has 0 radical (unpaired) electrons. The predicted molar refractivity (Wildman–Crippen MR) is 60.5 cm³/mol. The molecule has 0 unspecified atom stereocenters. The number of nitrogens with zero attached hydrogens (tertiary/aromatic N) is 1. The molecule has 0 aliphatic carbocycles. The van der Waals surface area contributed by atoms with Gasteiger partial charge in [-0.05, 0) is 18.2 Å². The van der Waals surface area contributed by atoms with Gasteiger partial charge in [0.05, 0.1) is 11.3 Å².